The van der Waals surface area contributed by atoms with Crippen molar-refractivity contribution in [3.63, 3.8) is 0 Å². The summed E-state index contributed by atoms with van der Waals surface area (Å²) in [7, 11) is 0. The van der Waals surface area contributed by atoms with Crippen LogP contribution in [0.3, 0.4) is 0 Å². The van der Waals surface area contributed by atoms with Gasteiger partial charge in [0.1, 0.15) is 0 Å². The largest absolute Gasteiger partial charge is 0.454 e. The fourth-order valence-corrected chi connectivity index (χ4v) is 2.96. The van der Waals surface area contributed by atoms with Crippen LogP contribution in [0.15, 0.2) is 42.5 Å². The van der Waals surface area contributed by atoms with Gasteiger partial charge in [-0.05, 0) is 24.3 Å². The molecule has 26 heavy (non-hydrogen) atoms. The van der Waals surface area contributed by atoms with Crippen molar-refractivity contribution >= 4 is 29.0 Å². The molecule has 8 heteroatoms. The predicted molar refractivity (Wildman–Crippen MR) is 96.9 cm³/mol. The highest BCUT2D eigenvalue weighted by molar-refractivity contribution is 6.02. The van der Waals surface area contributed by atoms with Gasteiger partial charge in [0.15, 0.2) is 11.5 Å². The topological polar surface area (TPSA) is 91.9 Å². The van der Waals surface area contributed by atoms with Crippen LogP contribution in [0.1, 0.15) is 0 Å². The summed E-state index contributed by atoms with van der Waals surface area (Å²) in [4.78, 5) is 26.0. The third-order valence-corrected chi connectivity index (χ3v) is 4.16. The summed E-state index contributed by atoms with van der Waals surface area (Å²) in [6, 6.07) is 12.2. The lowest BCUT2D eigenvalue weighted by atomic mass is 10.2. The first-order valence-corrected chi connectivity index (χ1v) is 8.27. The number of ether oxygens (including phenoxy) is 2. The minimum atomic E-state index is -0.377. The van der Waals surface area contributed by atoms with Crippen LogP contribution < -0.4 is 30.3 Å². The molecule has 0 unspecified atom stereocenters. The van der Waals surface area contributed by atoms with Gasteiger partial charge in [-0.15, -0.1) is 0 Å². The predicted octanol–water partition coefficient (Wildman–Crippen LogP) is 2.00. The zero-order chi connectivity index (χ0) is 17.9. The van der Waals surface area contributed by atoms with E-state index < -0.39 is 0 Å². The van der Waals surface area contributed by atoms with E-state index in [1.165, 1.54) is 0 Å². The van der Waals surface area contributed by atoms with Crippen LogP contribution in [0.2, 0.25) is 0 Å². The van der Waals surface area contributed by atoms with E-state index in [0.717, 1.165) is 5.69 Å². The Morgan fingerprint density at radius 2 is 1.92 bits per heavy atom. The van der Waals surface area contributed by atoms with Crippen molar-refractivity contribution < 1.29 is 19.1 Å². The molecule has 0 bridgehead atoms. The molecule has 0 saturated carbocycles. The summed E-state index contributed by atoms with van der Waals surface area (Å²) in [5.41, 5.74) is 2.05. The van der Waals surface area contributed by atoms with E-state index in [1.807, 2.05) is 23.1 Å². The van der Waals surface area contributed by atoms with Gasteiger partial charge in [0.05, 0.1) is 17.9 Å². The number of rotatable bonds is 3. The third kappa shape index (κ3) is 3.34. The molecule has 1 fully saturated rings. The van der Waals surface area contributed by atoms with Crippen LogP contribution in [0.5, 0.6) is 11.5 Å². The first-order valence-electron chi connectivity index (χ1n) is 8.27. The summed E-state index contributed by atoms with van der Waals surface area (Å²) in [6.45, 7) is 1.72. The van der Waals surface area contributed by atoms with Crippen molar-refractivity contribution in [3.05, 3.63) is 42.5 Å². The Balaban J connectivity index is 1.47. The number of piperazine rings is 1. The van der Waals surface area contributed by atoms with Crippen LogP contribution in [0, 0.1) is 0 Å². The number of nitrogens with zero attached hydrogens (tertiary/aromatic N) is 1. The number of fused-ring (bicyclic) bond motifs is 1. The monoisotopic (exact) mass is 354 g/mol. The number of anilines is 3. The zero-order valence-electron chi connectivity index (χ0n) is 14.0. The number of amides is 3. The highest BCUT2D eigenvalue weighted by atomic mass is 16.7. The quantitative estimate of drug-likeness (QED) is 0.784. The van der Waals surface area contributed by atoms with Crippen LogP contribution in [0.25, 0.3) is 0 Å². The Kier molecular flexibility index (Phi) is 4.22. The number of urea groups is 1. The van der Waals surface area contributed by atoms with Crippen LogP contribution in [-0.4, -0.2) is 38.4 Å². The number of hydrogen-bond donors (Lipinski definition) is 3. The molecule has 1 saturated heterocycles. The molecule has 0 aliphatic carbocycles. The molecule has 134 valence electrons. The Morgan fingerprint density at radius 3 is 2.81 bits per heavy atom. The number of carbonyl (C=O) groups is 2. The third-order valence-electron chi connectivity index (χ3n) is 4.16. The van der Waals surface area contributed by atoms with E-state index in [4.69, 9.17) is 9.47 Å². The maximum atomic E-state index is 12.4. The molecule has 3 N–H and O–H groups in total. The number of benzene rings is 2. The van der Waals surface area contributed by atoms with Gasteiger partial charge in [0.2, 0.25) is 12.7 Å². The van der Waals surface area contributed by atoms with Gasteiger partial charge in [0.25, 0.3) is 0 Å². The molecule has 4 rings (SSSR count). The average Bonchev–Trinajstić information content (AvgIpc) is 3.10. The molecule has 8 nitrogen and oxygen atoms in total. The van der Waals surface area contributed by atoms with Gasteiger partial charge in [-0.25, -0.2) is 4.79 Å². The van der Waals surface area contributed by atoms with E-state index >= 15 is 0 Å². The Bertz CT molecular complexity index is 855. The standard InChI is InChI=1S/C18H18N4O4/c23-17-10-22(8-7-19-17)14-4-2-1-3-13(14)21-18(24)20-12-5-6-15-16(9-12)26-11-25-15/h1-6,9H,7-8,10-11H2,(H,19,23)(H2,20,21,24). The van der Waals surface area contributed by atoms with Crippen molar-refractivity contribution in [2.24, 2.45) is 0 Å². The Hall–Kier alpha value is -3.42. The van der Waals surface area contributed by atoms with E-state index in [9.17, 15) is 9.59 Å². The van der Waals surface area contributed by atoms with Crippen LogP contribution in [0.4, 0.5) is 21.9 Å². The van der Waals surface area contributed by atoms with Crippen LogP contribution >= 0.6 is 0 Å². The second-order valence-electron chi connectivity index (χ2n) is 5.94. The SMILES string of the molecule is O=C1CN(c2ccccc2NC(=O)Nc2ccc3c(c2)OCO3)CCN1. The normalized spacial score (nSPS) is 15.4. The van der Waals surface area contributed by atoms with Gasteiger partial charge in [-0.3, -0.25) is 4.79 Å². The molecule has 0 atom stereocenters. The number of para-hydroxylation sites is 2. The summed E-state index contributed by atoms with van der Waals surface area (Å²) in [5.74, 6) is 1.23. The minimum Gasteiger partial charge on any atom is -0.454 e. The molecule has 0 spiro atoms. The van der Waals surface area contributed by atoms with Gasteiger partial charge < -0.3 is 30.3 Å². The Labute approximate surface area is 150 Å². The van der Waals surface area contributed by atoms with Crippen molar-refractivity contribution in [1.82, 2.24) is 5.32 Å². The van der Waals surface area contributed by atoms with Gasteiger partial charge >= 0.3 is 6.03 Å². The van der Waals surface area contributed by atoms with Gasteiger partial charge in [-0.2, -0.15) is 0 Å². The van der Waals surface area contributed by atoms with Crippen molar-refractivity contribution in [2.45, 2.75) is 0 Å². The lowest BCUT2D eigenvalue weighted by molar-refractivity contribution is -0.120. The smallest absolute Gasteiger partial charge is 0.323 e. The van der Waals surface area contributed by atoms with Crippen molar-refractivity contribution in [2.75, 3.05) is 42.0 Å². The summed E-state index contributed by atoms with van der Waals surface area (Å²) < 4.78 is 10.6. The number of carbonyl (C=O) groups excluding carboxylic acids is 2. The lowest BCUT2D eigenvalue weighted by Crippen LogP contribution is -2.48. The molecule has 2 aromatic rings. The fourth-order valence-electron chi connectivity index (χ4n) is 2.96. The second kappa shape index (κ2) is 6.83. The summed E-state index contributed by atoms with van der Waals surface area (Å²) in [6.07, 6.45) is 0. The summed E-state index contributed by atoms with van der Waals surface area (Å²) in [5, 5.41) is 8.41. The molecule has 0 aromatic heterocycles. The molecular formula is C18H18N4O4. The second-order valence-corrected chi connectivity index (χ2v) is 5.94. The lowest BCUT2D eigenvalue weighted by Gasteiger charge is -2.30. The van der Waals surface area contributed by atoms with Gasteiger partial charge in [-0.1, -0.05) is 12.1 Å². The molecule has 0 radical (unpaired) electrons. The summed E-state index contributed by atoms with van der Waals surface area (Å²) >= 11 is 0. The van der Waals surface area contributed by atoms with E-state index in [1.54, 1.807) is 24.3 Å². The van der Waals surface area contributed by atoms with Crippen molar-refractivity contribution in [1.29, 1.82) is 0 Å². The maximum absolute atomic E-state index is 12.4. The number of hydrogen-bond acceptors (Lipinski definition) is 5. The van der Waals surface area contributed by atoms with Crippen molar-refractivity contribution in [3.8, 4) is 11.5 Å². The highest BCUT2D eigenvalue weighted by Gasteiger charge is 2.20. The van der Waals surface area contributed by atoms with E-state index in [2.05, 4.69) is 16.0 Å². The molecule has 2 aliphatic rings. The molecule has 2 aliphatic heterocycles. The molecule has 3 amide bonds. The average molecular weight is 354 g/mol. The number of nitrogens with one attached hydrogen (secondary N) is 3. The van der Waals surface area contributed by atoms with Gasteiger partial charge in [0, 0.05) is 24.8 Å². The van der Waals surface area contributed by atoms with E-state index in [0.29, 0.717) is 36.0 Å². The zero-order valence-corrected chi connectivity index (χ0v) is 14.0. The fraction of sp³-hybridized carbons (Fsp3) is 0.222. The Morgan fingerprint density at radius 1 is 1.08 bits per heavy atom. The molecule has 2 aromatic carbocycles. The molecular weight excluding hydrogens is 336 g/mol. The van der Waals surface area contributed by atoms with Crippen LogP contribution in [-0.2, 0) is 4.79 Å². The molecule has 2 heterocycles. The maximum Gasteiger partial charge on any atom is 0.323 e. The first-order chi connectivity index (χ1) is 12.7. The van der Waals surface area contributed by atoms with E-state index in [-0.39, 0.29) is 25.3 Å². The highest BCUT2D eigenvalue weighted by Crippen LogP contribution is 2.34. The first kappa shape index (κ1) is 16.1. The minimum absolute atomic E-state index is 0.0316.